The van der Waals surface area contributed by atoms with Gasteiger partial charge in [0.25, 0.3) is 0 Å². The van der Waals surface area contributed by atoms with Crippen LogP contribution in [0.5, 0.6) is 5.75 Å². The largest absolute Gasteiger partial charge is 0.496 e. The molecule has 0 spiro atoms. The standard InChI is InChI=1S/C16H24F3NO/c1-15(2,3)12-9-11(7-5-6-8-20)10-13(21-4)14(12)16(17,18)19/h9-10H,5-8,20H2,1-4H3. The van der Waals surface area contributed by atoms with Crippen LogP contribution in [0.4, 0.5) is 13.2 Å². The normalized spacial score (nSPS) is 12.6. The lowest BCUT2D eigenvalue weighted by atomic mass is 9.81. The molecule has 0 atom stereocenters. The number of nitrogens with two attached hydrogens (primary N) is 1. The Morgan fingerprint density at radius 3 is 2.14 bits per heavy atom. The first-order chi connectivity index (χ1) is 9.61. The van der Waals surface area contributed by atoms with Gasteiger partial charge >= 0.3 is 6.18 Å². The van der Waals surface area contributed by atoms with Gasteiger partial charge < -0.3 is 10.5 Å². The van der Waals surface area contributed by atoms with Crippen LogP contribution in [0.1, 0.15) is 50.3 Å². The number of hydrogen-bond acceptors (Lipinski definition) is 2. The van der Waals surface area contributed by atoms with Crippen molar-refractivity contribution in [2.75, 3.05) is 13.7 Å². The molecule has 0 radical (unpaired) electrons. The molecule has 0 fully saturated rings. The summed E-state index contributed by atoms with van der Waals surface area (Å²) >= 11 is 0. The topological polar surface area (TPSA) is 35.2 Å². The molecular formula is C16H24F3NO. The van der Waals surface area contributed by atoms with Crippen molar-refractivity contribution in [2.24, 2.45) is 5.73 Å². The lowest BCUT2D eigenvalue weighted by molar-refractivity contribution is -0.139. The van der Waals surface area contributed by atoms with Crippen LogP contribution < -0.4 is 10.5 Å². The van der Waals surface area contributed by atoms with Gasteiger partial charge in [0.2, 0.25) is 0 Å². The summed E-state index contributed by atoms with van der Waals surface area (Å²) in [6.45, 7) is 5.92. The molecule has 0 aromatic heterocycles. The van der Waals surface area contributed by atoms with Crippen LogP contribution in [0.2, 0.25) is 0 Å². The molecule has 1 aromatic rings. The van der Waals surface area contributed by atoms with E-state index in [1.165, 1.54) is 13.2 Å². The summed E-state index contributed by atoms with van der Waals surface area (Å²) in [4.78, 5) is 0. The highest BCUT2D eigenvalue weighted by molar-refractivity contribution is 5.48. The second-order valence-corrected chi connectivity index (χ2v) is 6.21. The maximum Gasteiger partial charge on any atom is 0.420 e. The van der Waals surface area contributed by atoms with E-state index in [-0.39, 0.29) is 11.3 Å². The fourth-order valence-corrected chi connectivity index (χ4v) is 2.34. The quantitative estimate of drug-likeness (QED) is 0.823. The van der Waals surface area contributed by atoms with Gasteiger partial charge in [-0.1, -0.05) is 26.8 Å². The summed E-state index contributed by atoms with van der Waals surface area (Å²) in [6, 6.07) is 3.15. The van der Waals surface area contributed by atoms with Crippen molar-refractivity contribution in [3.05, 3.63) is 28.8 Å². The molecule has 0 heterocycles. The first kappa shape index (κ1) is 17.8. The zero-order valence-corrected chi connectivity index (χ0v) is 13.1. The van der Waals surface area contributed by atoms with Crippen LogP contribution >= 0.6 is 0 Å². The summed E-state index contributed by atoms with van der Waals surface area (Å²) in [5.41, 5.74) is 5.31. The minimum absolute atomic E-state index is 0.0994. The first-order valence-corrected chi connectivity index (χ1v) is 7.10. The molecule has 0 aliphatic carbocycles. The Labute approximate surface area is 124 Å². The van der Waals surface area contributed by atoms with Crippen LogP contribution in [-0.2, 0) is 18.0 Å². The van der Waals surface area contributed by atoms with Crippen LogP contribution in [-0.4, -0.2) is 13.7 Å². The third-order valence-corrected chi connectivity index (χ3v) is 3.39. The lowest BCUT2D eigenvalue weighted by Gasteiger charge is -2.27. The summed E-state index contributed by atoms with van der Waals surface area (Å²) in [5, 5.41) is 0. The van der Waals surface area contributed by atoms with E-state index < -0.39 is 17.2 Å². The SMILES string of the molecule is COc1cc(CCCCN)cc(C(C)(C)C)c1C(F)(F)F. The zero-order valence-electron chi connectivity index (χ0n) is 13.1. The van der Waals surface area contributed by atoms with Crippen molar-refractivity contribution in [2.45, 2.75) is 51.6 Å². The van der Waals surface area contributed by atoms with Crippen LogP contribution in [0.15, 0.2) is 12.1 Å². The minimum atomic E-state index is -4.43. The van der Waals surface area contributed by atoms with Crippen molar-refractivity contribution in [3.8, 4) is 5.75 Å². The summed E-state index contributed by atoms with van der Waals surface area (Å²) in [6.07, 6.45) is -2.01. The average Bonchev–Trinajstić information content (AvgIpc) is 2.35. The van der Waals surface area contributed by atoms with E-state index in [9.17, 15) is 13.2 Å². The molecule has 1 rings (SSSR count). The molecule has 120 valence electrons. The number of methoxy groups -OCH3 is 1. The predicted molar refractivity (Wildman–Crippen MR) is 78.7 cm³/mol. The van der Waals surface area contributed by atoms with E-state index in [4.69, 9.17) is 10.5 Å². The second kappa shape index (κ2) is 6.69. The van der Waals surface area contributed by atoms with Crippen LogP contribution in [0.25, 0.3) is 0 Å². The number of halogens is 3. The first-order valence-electron chi connectivity index (χ1n) is 7.10. The molecule has 2 nitrogen and oxygen atoms in total. The zero-order chi connectivity index (χ0) is 16.3. The van der Waals surface area contributed by atoms with E-state index in [1.54, 1.807) is 26.8 Å². The highest BCUT2D eigenvalue weighted by Crippen LogP contribution is 2.43. The molecule has 0 bridgehead atoms. The minimum Gasteiger partial charge on any atom is -0.496 e. The Morgan fingerprint density at radius 1 is 1.10 bits per heavy atom. The van der Waals surface area contributed by atoms with E-state index in [0.29, 0.717) is 13.0 Å². The van der Waals surface area contributed by atoms with Crippen molar-refractivity contribution >= 4 is 0 Å². The summed E-state index contributed by atoms with van der Waals surface area (Å²) in [5.74, 6) is -0.0994. The van der Waals surface area contributed by atoms with Crippen LogP contribution in [0.3, 0.4) is 0 Å². The van der Waals surface area contributed by atoms with Gasteiger partial charge in [0, 0.05) is 0 Å². The smallest absolute Gasteiger partial charge is 0.420 e. The average molecular weight is 303 g/mol. The third-order valence-electron chi connectivity index (χ3n) is 3.39. The molecule has 0 unspecified atom stereocenters. The molecule has 0 amide bonds. The van der Waals surface area contributed by atoms with Gasteiger partial charge in [0.1, 0.15) is 11.3 Å². The maximum absolute atomic E-state index is 13.4. The van der Waals surface area contributed by atoms with E-state index >= 15 is 0 Å². The molecule has 21 heavy (non-hydrogen) atoms. The fraction of sp³-hybridized carbons (Fsp3) is 0.625. The number of hydrogen-bond donors (Lipinski definition) is 1. The molecule has 0 aliphatic rings. The van der Waals surface area contributed by atoms with Gasteiger partial charge in [-0.15, -0.1) is 0 Å². The second-order valence-electron chi connectivity index (χ2n) is 6.21. The Bertz CT molecular complexity index is 476. The Hall–Kier alpha value is -1.23. The predicted octanol–water partition coefficient (Wildman–Crippen LogP) is 4.29. The van der Waals surface area contributed by atoms with Gasteiger partial charge in [0.05, 0.1) is 7.11 Å². The molecule has 2 N–H and O–H groups in total. The number of rotatable bonds is 5. The molecule has 0 saturated carbocycles. The molecule has 1 aromatic carbocycles. The van der Waals surface area contributed by atoms with Gasteiger partial charge in [-0.25, -0.2) is 0 Å². The van der Waals surface area contributed by atoms with E-state index in [2.05, 4.69) is 0 Å². The molecule has 5 heteroatoms. The Kier molecular flexibility index (Phi) is 5.68. The van der Waals surface area contributed by atoms with E-state index in [0.717, 1.165) is 18.4 Å². The summed E-state index contributed by atoms with van der Waals surface area (Å²) in [7, 11) is 1.28. The molecular weight excluding hydrogens is 279 g/mol. The number of alkyl halides is 3. The fourth-order valence-electron chi connectivity index (χ4n) is 2.34. The number of ether oxygens (including phenoxy) is 1. The number of unbranched alkanes of at least 4 members (excludes halogenated alkanes) is 1. The number of benzene rings is 1. The van der Waals surface area contributed by atoms with Gasteiger partial charge in [-0.3, -0.25) is 0 Å². The third kappa shape index (κ3) is 4.63. The Balaban J connectivity index is 3.37. The lowest BCUT2D eigenvalue weighted by Crippen LogP contribution is -2.21. The number of aryl methyl sites for hydroxylation is 1. The van der Waals surface area contributed by atoms with E-state index in [1.807, 2.05) is 0 Å². The summed E-state index contributed by atoms with van der Waals surface area (Å²) < 4.78 is 45.1. The molecule has 0 aliphatic heterocycles. The van der Waals surface area contributed by atoms with Crippen molar-refractivity contribution < 1.29 is 17.9 Å². The highest BCUT2D eigenvalue weighted by Gasteiger charge is 2.40. The maximum atomic E-state index is 13.4. The van der Waals surface area contributed by atoms with Gasteiger partial charge in [-0.05, 0) is 48.4 Å². The molecule has 0 saturated heterocycles. The van der Waals surface area contributed by atoms with Crippen molar-refractivity contribution in [1.29, 1.82) is 0 Å². The highest BCUT2D eigenvalue weighted by atomic mass is 19.4. The van der Waals surface area contributed by atoms with Crippen molar-refractivity contribution in [1.82, 2.24) is 0 Å². The Morgan fingerprint density at radius 2 is 1.71 bits per heavy atom. The van der Waals surface area contributed by atoms with Gasteiger partial charge in [-0.2, -0.15) is 13.2 Å². The monoisotopic (exact) mass is 303 g/mol. The van der Waals surface area contributed by atoms with Gasteiger partial charge in [0.15, 0.2) is 0 Å². The van der Waals surface area contributed by atoms with Crippen LogP contribution in [0, 0.1) is 0 Å². The van der Waals surface area contributed by atoms with Crippen molar-refractivity contribution in [3.63, 3.8) is 0 Å².